The van der Waals surface area contributed by atoms with Crippen molar-refractivity contribution in [3.05, 3.63) is 46.2 Å². The highest BCUT2D eigenvalue weighted by atomic mass is 35.5. The lowest BCUT2D eigenvalue weighted by Gasteiger charge is -2.14. The molecule has 2 rings (SSSR count). The Balaban J connectivity index is 2.34. The van der Waals surface area contributed by atoms with Gasteiger partial charge < -0.3 is 5.73 Å². The number of rotatable bonds is 5. The van der Waals surface area contributed by atoms with Gasteiger partial charge in [0.25, 0.3) is 0 Å². The molecular weight excluding hydrogens is 302 g/mol. The molecule has 0 saturated heterocycles. The molecule has 1 atom stereocenters. The maximum absolute atomic E-state index is 6.37. The zero-order valence-corrected chi connectivity index (χ0v) is 14.1. The van der Waals surface area contributed by atoms with Crippen molar-refractivity contribution < 1.29 is 0 Å². The van der Waals surface area contributed by atoms with Crippen LogP contribution in [0.4, 0.5) is 0 Å². The smallest absolute Gasteiger partial charge is 0.192 e. The Morgan fingerprint density at radius 3 is 2.52 bits per heavy atom. The van der Waals surface area contributed by atoms with Crippen LogP contribution in [0.5, 0.6) is 0 Å². The van der Waals surface area contributed by atoms with Crippen LogP contribution in [0.3, 0.4) is 0 Å². The molecule has 21 heavy (non-hydrogen) atoms. The van der Waals surface area contributed by atoms with Crippen LogP contribution in [0.1, 0.15) is 30.3 Å². The molecule has 0 aliphatic rings. The summed E-state index contributed by atoms with van der Waals surface area (Å²) in [5, 5.41) is 1.45. The van der Waals surface area contributed by atoms with E-state index in [1.807, 2.05) is 32.0 Å². The molecule has 1 aromatic carbocycles. The summed E-state index contributed by atoms with van der Waals surface area (Å²) in [5.41, 5.74) is 9.16. The van der Waals surface area contributed by atoms with Gasteiger partial charge in [-0.2, -0.15) is 0 Å². The summed E-state index contributed by atoms with van der Waals surface area (Å²) in [6, 6.07) is 8.04. The molecule has 2 aromatic rings. The second kappa shape index (κ2) is 7.25. The third-order valence-corrected chi connectivity index (χ3v) is 4.69. The number of nitrogens with zero attached hydrogens (tertiary/aromatic N) is 2. The summed E-state index contributed by atoms with van der Waals surface area (Å²) < 4.78 is 0. The first-order valence-corrected chi connectivity index (χ1v) is 8.22. The minimum absolute atomic E-state index is 0.142. The van der Waals surface area contributed by atoms with Crippen molar-refractivity contribution in [3.8, 4) is 0 Å². The van der Waals surface area contributed by atoms with Gasteiger partial charge in [-0.15, -0.1) is 0 Å². The summed E-state index contributed by atoms with van der Waals surface area (Å²) in [4.78, 5) is 9.95. The standard InChI is InChI=1S/C16H20ClN3S/c1-4-13(18)9-12-6-5-7-14(17)15(12)21-16-19-10(2)8-11(3)20-16/h5-8,13H,4,9,18H2,1-3H3. The average Bonchev–Trinajstić information content (AvgIpc) is 2.41. The number of nitrogens with two attached hydrogens (primary N) is 1. The van der Waals surface area contributed by atoms with Crippen LogP contribution in [-0.4, -0.2) is 16.0 Å². The van der Waals surface area contributed by atoms with E-state index in [9.17, 15) is 0 Å². The van der Waals surface area contributed by atoms with Gasteiger partial charge >= 0.3 is 0 Å². The average molecular weight is 322 g/mol. The van der Waals surface area contributed by atoms with E-state index in [0.717, 1.165) is 44.9 Å². The van der Waals surface area contributed by atoms with Crippen LogP contribution in [0.25, 0.3) is 0 Å². The molecule has 1 unspecified atom stereocenters. The van der Waals surface area contributed by atoms with Crippen LogP contribution in [0.15, 0.2) is 34.3 Å². The van der Waals surface area contributed by atoms with Gasteiger partial charge in [0.2, 0.25) is 0 Å². The fourth-order valence-electron chi connectivity index (χ4n) is 2.09. The molecule has 0 aliphatic carbocycles. The summed E-state index contributed by atoms with van der Waals surface area (Å²) in [7, 11) is 0. The Kier molecular flexibility index (Phi) is 5.62. The van der Waals surface area contributed by atoms with Crippen molar-refractivity contribution in [2.24, 2.45) is 5.73 Å². The molecule has 0 fully saturated rings. The number of aromatic nitrogens is 2. The fraction of sp³-hybridized carbons (Fsp3) is 0.375. The Labute approximate surface area is 135 Å². The first-order valence-electron chi connectivity index (χ1n) is 7.02. The van der Waals surface area contributed by atoms with Crippen LogP contribution < -0.4 is 5.73 Å². The van der Waals surface area contributed by atoms with Gasteiger partial charge in [-0.3, -0.25) is 0 Å². The summed E-state index contributed by atoms with van der Waals surface area (Å²) in [6.45, 7) is 6.04. The number of benzene rings is 1. The van der Waals surface area contributed by atoms with E-state index < -0.39 is 0 Å². The van der Waals surface area contributed by atoms with E-state index in [1.165, 1.54) is 11.8 Å². The summed E-state index contributed by atoms with van der Waals surface area (Å²) >= 11 is 7.88. The number of hydrogen-bond acceptors (Lipinski definition) is 4. The zero-order valence-electron chi connectivity index (χ0n) is 12.6. The van der Waals surface area contributed by atoms with Crippen molar-refractivity contribution in [3.63, 3.8) is 0 Å². The first kappa shape index (κ1) is 16.3. The summed E-state index contributed by atoms with van der Waals surface area (Å²) in [6.07, 6.45) is 1.75. The van der Waals surface area contributed by atoms with Crippen molar-refractivity contribution >= 4 is 23.4 Å². The quantitative estimate of drug-likeness (QED) is 0.839. The van der Waals surface area contributed by atoms with E-state index in [-0.39, 0.29) is 6.04 Å². The SMILES string of the molecule is CCC(N)Cc1cccc(Cl)c1Sc1nc(C)cc(C)n1. The molecule has 0 aliphatic heterocycles. The van der Waals surface area contributed by atoms with Gasteiger partial charge in [0.15, 0.2) is 5.16 Å². The third-order valence-electron chi connectivity index (χ3n) is 3.21. The molecule has 3 nitrogen and oxygen atoms in total. The van der Waals surface area contributed by atoms with E-state index >= 15 is 0 Å². The van der Waals surface area contributed by atoms with Crippen LogP contribution in [0.2, 0.25) is 5.02 Å². The van der Waals surface area contributed by atoms with E-state index in [1.54, 1.807) is 0 Å². The molecule has 0 radical (unpaired) electrons. The van der Waals surface area contributed by atoms with Gasteiger partial charge in [0.1, 0.15) is 0 Å². The zero-order chi connectivity index (χ0) is 15.4. The second-order valence-electron chi connectivity index (χ2n) is 5.14. The molecule has 1 aromatic heterocycles. The van der Waals surface area contributed by atoms with Crippen molar-refractivity contribution in [2.45, 2.75) is 49.7 Å². The predicted molar refractivity (Wildman–Crippen MR) is 89.1 cm³/mol. The number of halogens is 1. The molecule has 0 amide bonds. The van der Waals surface area contributed by atoms with Gasteiger partial charge in [-0.25, -0.2) is 9.97 Å². The van der Waals surface area contributed by atoms with E-state index in [4.69, 9.17) is 17.3 Å². The Hall–Kier alpha value is -1.10. The predicted octanol–water partition coefficient (Wildman–Crippen LogP) is 4.18. The van der Waals surface area contributed by atoms with Gasteiger partial charge in [0, 0.05) is 22.3 Å². The normalized spacial score (nSPS) is 12.4. The van der Waals surface area contributed by atoms with Crippen LogP contribution in [0, 0.1) is 13.8 Å². The van der Waals surface area contributed by atoms with E-state index in [2.05, 4.69) is 23.0 Å². The molecule has 1 heterocycles. The molecule has 2 N–H and O–H groups in total. The largest absolute Gasteiger partial charge is 0.327 e. The van der Waals surface area contributed by atoms with Crippen molar-refractivity contribution in [1.29, 1.82) is 0 Å². The van der Waals surface area contributed by atoms with Crippen LogP contribution >= 0.6 is 23.4 Å². The number of hydrogen-bond donors (Lipinski definition) is 1. The Bertz CT molecular complexity index is 611. The maximum atomic E-state index is 6.37. The maximum Gasteiger partial charge on any atom is 0.192 e. The van der Waals surface area contributed by atoms with Gasteiger partial charge in [0.05, 0.1) is 5.02 Å². The molecule has 112 valence electrons. The van der Waals surface area contributed by atoms with Gasteiger partial charge in [-0.05, 0) is 56.1 Å². The minimum atomic E-state index is 0.142. The van der Waals surface area contributed by atoms with E-state index in [0.29, 0.717) is 0 Å². The second-order valence-corrected chi connectivity index (χ2v) is 6.52. The first-order chi connectivity index (χ1) is 9.99. The van der Waals surface area contributed by atoms with Crippen molar-refractivity contribution in [1.82, 2.24) is 9.97 Å². The van der Waals surface area contributed by atoms with Crippen molar-refractivity contribution in [2.75, 3.05) is 0 Å². The molecule has 0 spiro atoms. The highest BCUT2D eigenvalue weighted by Gasteiger charge is 2.13. The highest BCUT2D eigenvalue weighted by Crippen LogP contribution is 2.35. The monoisotopic (exact) mass is 321 g/mol. The lowest BCUT2D eigenvalue weighted by Crippen LogP contribution is -2.21. The Morgan fingerprint density at radius 2 is 1.90 bits per heavy atom. The Morgan fingerprint density at radius 1 is 1.24 bits per heavy atom. The topological polar surface area (TPSA) is 51.8 Å². The van der Waals surface area contributed by atoms with Gasteiger partial charge in [-0.1, -0.05) is 30.7 Å². The molecule has 5 heteroatoms. The summed E-state index contributed by atoms with van der Waals surface area (Å²) in [5.74, 6) is 0. The number of aryl methyl sites for hydroxylation is 2. The van der Waals surface area contributed by atoms with Crippen LogP contribution in [-0.2, 0) is 6.42 Å². The third kappa shape index (κ3) is 4.43. The highest BCUT2D eigenvalue weighted by molar-refractivity contribution is 7.99. The minimum Gasteiger partial charge on any atom is -0.327 e. The lowest BCUT2D eigenvalue weighted by atomic mass is 10.0. The fourth-order valence-corrected chi connectivity index (χ4v) is 3.41. The lowest BCUT2D eigenvalue weighted by molar-refractivity contribution is 0.641. The molecular formula is C16H20ClN3S. The molecule has 0 bridgehead atoms. The molecule has 0 saturated carbocycles.